The van der Waals surface area contributed by atoms with E-state index in [1.54, 1.807) is 6.20 Å². The second-order valence-corrected chi connectivity index (χ2v) is 4.20. The van der Waals surface area contributed by atoms with Crippen LogP contribution in [0.4, 0.5) is 5.82 Å². The monoisotopic (exact) mass is 268 g/mol. The van der Waals surface area contributed by atoms with E-state index >= 15 is 0 Å². The van der Waals surface area contributed by atoms with Crippen LogP contribution in [0.15, 0.2) is 43.1 Å². The fraction of sp³-hybridized carbons (Fsp3) is 0.0769. The van der Waals surface area contributed by atoms with Gasteiger partial charge in [-0.2, -0.15) is 0 Å². The number of fused-ring (bicyclic) bond motifs is 1. The minimum atomic E-state index is -0.348. The number of aromatic nitrogens is 4. The molecule has 3 aromatic rings. The zero-order chi connectivity index (χ0) is 13.9. The van der Waals surface area contributed by atoms with E-state index < -0.39 is 0 Å². The summed E-state index contributed by atoms with van der Waals surface area (Å²) in [5, 5.41) is 2.75. The molecule has 3 rings (SSSR count). The second-order valence-electron chi connectivity index (χ2n) is 4.20. The summed E-state index contributed by atoms with van der Waals surface area (Å²) in [4.78, 5) is 23.9. The Hall–Kier alpha value is -2.96. The number of carbonyl (C=O) groups is 1. The molecule has 20 heavy (non-hydrogen) atoms. The Morgan fingerprint density at radius 3 is 2.90 bits per heavy atom. The van der Waals surface area contributed by atoms with Gasteiger partial charge in [0.05, 0.1) is 0 Å². The van der Waals surface area contributed by atoms with Crippen LogP contribution >= 0.6 is 0 Å². The molecular weight excluding hydrogens is 256 g/mol. The van der Waals surface area contributed by atoms with Crippen molar-refractivity contribution in [2.45, 2.75) is 6.54 Å². The zero-order valence-corrected chi connectivity index (χ0v) is 10.5. The number of carbonyl (C=O) groups excluding carboxylic acids is 1. The van der Waals surface area contributed by atoms with Crippen molar-refractivity contribution in [3.05, 3.63) is 54.4 Å². The van der Waals surface area contributed by atoms with Gasteiger partial charge in [-0.3, -0.25) is 4.79 Å². The Bertz CT molecular complexity index is 766. The number of pyridine rings is 1. The highest BCUT2D eigenvalue weighted by molar-refractivity contribution is 5.96. The van der Waals surface area contributed by atoms with Crippen molar-refractivity contribution < 1.29 is 4.79 Å². The lowest BCUT2D eigenvalue weighted by Crippen LogP contribution is -2.25. The average Bonchev–Trinajstić information content (AvgIpc) is 2.92. The minimum Gasteiger partial charge on any atom is -0.382 e. The maximum absolute atomic E-state index is 11.9. The number of nitrogen functional groups attached to an aromatic ring is 1. The summed E-state index contributed by atoms with van der Waals surface area (Å²) in [5.41, 5.74) is 7.51. The maximum Gasteiger partial charge on any atom is 0.273 e. The van der Waals surface area contributed by atoms with Crippen molar-refractivity contribution in [3.63, 3.8) is 0 Å². The van der Waals surface area contributed by atoms with Crippen LogP contribution in [0.25, 0.3) is 5.65 Å². The Balaban J connectivity index is 1.73. The first-order chi connectivity index (χ1) is 9.74. The molecule has 3 N–H and O–H groups in total. The first kappa shape index (κ1) is 12.1. The van der Waals surface area contributed by atoms with Crippen molar-refractivity contribution in [2.24, 2.45) is 0 Å². The zero-order valence-electron chi connectivity index (χ0n) is 10.5. The molecule has 0 saturated carbocycles. The molecule has 0 bridgehead atoms. The molecule has 0 unspecified atom stereocenters. The van der Waals surface area contributed by atoms with E-state index in [-0.39, 0.29) is 17.4 Å². The number of rotatable bonds is 3. The highest BCUT2D eigenvalue weighted by Gasteiger charge is 2.11. The molecular formula is C13H12N6O. The summed E-state index contributed by atoms with van der Waals surface area (Å²) in [6.45, 7) is 0.373. The molecule has 0 spiro atoms. The highest BCUT2D eigenvalue weighted by atomic mass is 16.1. The largest absolute Gasteiger partial charge is 0.382 e. The second kappa shape index (κ2) is 4.96. The number of hydrogen-bond donors (Lipinski definition) is 2. The van der Waals surface area contributed by atoms with Gasteiger partial charge in [0, 0.05) is 37.5 Å². The van der Waals surface area contributed by atoms with Crippen LogP contribution in [-0.2, 0) is 6.54 Å². The Morgan fingerprint density at radius 1 is 1.20 bits per heavy atom. The lowest BCUT2D eigenvalue weighted by molar-refractivity contribution is 0.0946. The number of hydrogen-bond acceptors (Lipinski definition) is 5. The van der Waals surface area contributed by atoms with Gasteiger partial charge >= 0.3 is 0 Å². The third-order valence-electron chi connectivity index (χ3n) is 2.86. The van der Waals surface area contributed by atoms with E-state index in [0.29, 0.717) is 6.54 Å². The summed E-state index contributed by atoms with van der Waals surface area (Å²) in [7, 11) is 0. The van der Waals surface area contributed by atoms with E-state index in [4.69, 9.17) is 5.73 Å². The molecule has 1 amide bonds. The molecule has 0 aliphatic rings. The fourth-order valence-corrected chi connectivity index (χ4v) is 1.85. The van der Waals surface area contributed by atoms with E-state index in [2.05, 4.69) is 20.3 Å². The summed E-state index contributed by atoms with van der Waals surface area (Å²) >= 11 is 0. The predicted octanol–water partition coefficient (Wildman–Crippen LogP) is 0.636. The fourth-order valence-electron chi connectivity index (χ4n) is 1.85. The molecule has 3 heterocycles. The summed E-state index contributed by atoms with van der Waals surface area (Å²) < 4.78 is 1.89. The summed E-state index contributed by atoms with van der Waals surface area (Å²) in [6.07, 6.45) is 8.34. The quantitative estimate of drug-likeness (QED) is 0.726. The molecule has 0 radical (unpaired) electrons. The third-order valence-corrected chi connectivity index (χ3v) is 2.86. The van der Waals surface area contributed by atoms with E-state index in [1.165, 1.54) is 12.4 Å². The average molecular weight is 268 g/mol. The van der Waals surface area contributed by atoms with Gasteiger partial charge < -0.3 is 15.5 Å². The minimum absolute atomic E-state index is 0.119. The number of anilines is 1. The van der Waals surface area contributed by atoms with Gasteiger partial charge in [-0.25, -0.2) is 15.0 Å². The molecule has 7 nitrogen and oxygen atoms in total. The van der Waals surface area contributed by atoms with Crippen molar-refractivity contribution in [1.82, 2.24) is 24.7 Å². The lowest BCUT2D eigenvalue weighted by Gasteiger charge is -2.06. The first-order valence-corrected chi connectivity index (χ1v) is 6.00. The van der Waals surface area contributed by atoms with Crippen molar-refractivity contribution >= 4 is 17.4 Å². The molecule has 0 aliphatic heterocycles. The van der Waals surface area contributed by atoms with Gasteiger partial charge in [-0.1, -0.05) is 0 Å². The highest BCUT2D eigenvalue weighted by Crippen LogP contribution is 2.07. The molecule has 100 valence electrons. The molecule has 0 atom stereocenters. The van der Waals surface area contributed by atoms with Crippen LogP contribution in [0.5, 0.6) is 0 Å². The van der Waals surface area contributed by atoms with Crippen LogP contribution in [0.1, 0.15) is 16.1 Å². The number of amides is 1. The van der Waals surface area contributed by atoms with Gasteiger partial charge in [0.1, 0.15) is 5.65 Å². The molecule has 0 fully saturated rings. The summed E-state index contributed by atoms with van der Waals surface area (Å²) in [5.74, 6) is -0.229. The lowest BCUT2D eigenvalue weighted by atomic mass is 10.2. The van der Waals surface area contributed by atoms with Gasteiger partial charge in [-0.15, -0.1) is 0 Å². The van der Waals surface area contributed by atoms with Crippen molar-refractivity contribution in [2.75, 3.05) is 5.73 Å². The number of nitrogens with zero attached hydrogens (tertiary/aromatic N) is 4. The van der Waals surface area contributed by atoms with Crippen LogP contribution in [-0.4, -0.2) is 25.3 Å². The number of nitrogens with two attached hydrogens (primary N) is 1. The Morgan fingerprint density at radius 2 is 2.05 bits per heavy atom. The SMILES string of the molecule is Nc1nccnc1C(=O)NCc1ccn2ccnc2c1. The predicted molar refractivity (Wildman–Crippen MR) is 72.8 cm³/mol. The molecule has 0 saturated heterocycles. The summed E-state index contributed by atoms with van der Waals surface area (Å²) in [6, 6.07) is 3.81. The molecule has 3 aromatic heterocycles. The van der Waals surface area contributed by atoms with Crippen LogP contribution in [0, 0.1) is 0 Å². The van der Waals surface area contributed by atoms with Crippen molar-refractivity contribution in [3.8, 4) is 0 Å². The first-order valence-electron chi connectivity index (χ1n) is 6.00. The van der Waals surface area contributed by atoms with E-state index in [0.717, 1.165) is 11.2 Å². The van der Waals surface area contributed by atoms with Gasteiger partial charge in [0.15, 0.2) is 11.5 Å². The number of imidazole rings is 1. The smallest absolute Gasteiger partial charge is 0.273 e. The van der Waals surface area contributed by atoms with Crippen LogP contribution in [0.3, 0.4) is 0 Å². The van der Waals surface area contributed by atoms with Crippen LogP contribution in [0.2, 0.25) is 0 Å². The van der Waals surface area contributed by atoms with Gasteiger partial charge in [-0.05, 0) is 17.7 Å². The van der Waals surface area contributed by atoms with Gasteiger partial charge in [0.25, 0.3) is 5.91 Å². The molecule has 7 heteroatoms. The van der Waals surface area contributed by atoms with E-state index in [1.807, 2.05) is 28.9 Å². The number of nitrogens with one attached hydrogen (secondary N) is 1. The van der Waals surface area contributed by atoms with Crippen LogP contribution < -0.4 is 11.1 Å². The molecule has 0 aromatic carbocycles. The van der Waals surface area contributed by atoms with Gasteiger partial charge in [0.2, 0.25) is 0 Å². The standard InChI is InChI=1S/C13H12N6O/c14-12-11(16-2-3-17-12)13(20)18-8-9-1-5-19-6-4-15-10(19)7-9/h1-7H,8H2,(H2,14,17)(H,18,20). The van der Waals surface area contributed by atoms with E-state index in [9.17, 15) is 4.79 Å². The van der Waals surface area contributed by atoms with Crippen molar-refractivity contribution in [1.29, 1.82) is 0 Å². The normalized spacial score (nSPS) is 10.6. The Labute approximate surface area is 114 Å². The Kier molecular flexibility index (Phi) is 3.00. The third kappa shape index (κ3) is 2.28. The molecule has 0 aliphatic carbocycles. The maximum atomic E-state index is 11.9. The topological polar surface area (TPSA) is 98.2 Å².